The number of hydrogen-bond donors (Lipinski definition) is 3. The summed E-state index contributed by atoms with van der Waals surface area (Å²) < 4.78 is 26.5. The highest BCUT2D eigenvalue weighted by molar-refractivity contribution is 7.89. The first-order valence-electron chi connectivity index (χ1n) is 5.87. The molecular weight excluding hydrogens is 264 g/mol. The Bertz CT molecular complexity index is 606. The van der Waals surface area contributed by atoms with Gasteiger partial charge in [-0.25, -0.2) is 18.1 Å². The maximum atomic E-state index is 12.0. The van der Waals surface area contributed by atoms with Gasteiger partial charge in [0.25, 0.3) is 0 Å². The van der Waals surface area contributed by atoms with Crippen LogP contribution in [0.2, 0.25) is 0 Å². The van der Waals surface area contributed by atoms with Gasteiger partial charge in [-0.1, -0.05) is 0 Å². The van der Waals surface area contributed by atoms with Gasteiger partial charge in [0.05, 0.1) is 4.90 Å². The lowest BCUT2D eigenvalue weighted by Gasteiger charge is -2.07. The lowest BCUT2D eigenvalue weighted by Crippen LogP contribution is -2.26. The molecule has 1 aromatic heterocycles. The maximum Gasteiger partial charge on any atom is 0.240 e. The van der Waals surface area contributed by atoms with Gasteiger partial charge in [-0.3, -0.25) is 0 Å². The third kappa shape index (κ3) is 3.55. The number of sulfonamides is 1. The molecule has 2 rings (SSSR count). The summed E-state index contributed by atoms with van der Waals surface area (Å²) in [6.07, 6.45) is 3.88. The second-order valence-corrected chi connectivity index (χ2v) is 5.72. The van der Waals surface area contributed by atoms with Crippen molar-refractivity contribution >= 4 is 15.7 Å². The van der Waals surface area contributed by atoms with E-state index in [2.05, 4.69) is 20.0 Å². The number of hydrogen-bond acceptors (Lipinski definition) is 4. The monoisotopic (exact) mass is 280 g/mol. The molecule has 102 valence electrons. The first kappa shape index (κ1) is 13.6. The number of anilines is 1. The number of imidazole rings is 1. The smallest absolute Gasteiger partial charge is 0.240 e. The summed E-state index contributed by atoms with van der Waals surface area (Å²) >= 11 is 0. The normalized spacial score (nSPS) is 11.4. The van der Waals surface area contributed by atoms with E-state index in [4.69, 9.17) is 0 Å². The van der Waals surface area contributed by atoms with Crippen LogP contribution in [0, 0.1) is 0 Å². The largest absolute Gasteiger partial charge is 0.388 e. The van der Waals surface area contributed by atoms with Crippen LogP contribution in [0.1, 0.15) is 5.82 Å². The van der Waals surface area contributed by atoms with Gasteiger partial charge in [0.2, 0.25) is 10.0 Å². The van der Waals surface area contributed by atoms with E-state index in [0.717, 1.165) is 11.5 Å². The van der Waals surface area contributed by atoms with E-state index in [9.17, 15) is 8.42 Å². The zero-order chi connectivity index (χ0) is 13.7. The molecule has 0 aliphatic heterocycles. The molecule has 0 unspecified atom stereocenters. The van der Waals surface area contributed by atoms with Gasteiger partial charge in [0.15, 0.2) is 0 Å². The molecule has 0 spiro atoms. The van der Waals surface area contributed by atoms with Crippen LogP contribution in [-0.2, 0) is 16.4 Å². The van der Waals surface area contributed by atoms with E-state index < -0.39 is 10.0 Å². The van der Waals surface area contributed by atoms with Crippen LogP contribution < -0.4 is 10.0 Å². The van der Waals surface area contributed by atoms with Crippen molar-refractivity contribution in [1.29, 1.82) is 0 Å². The van der Waals surface area contributed by atoms with E-state index in [0.29, 0.717) is 13.0 Å². The number of rotatable bonds is 6. The molecule has 0 saturated carbocycles. The van der Waals surface area contributed by atoms with Crippen molar-refractivity contribution in [1.82, 2.24) is 14.7 Å². The van der Waals surface area contributed by atoms with Crippen LogP contribution >= 0.6 is 0 Å². The number of aromatic nitrogens is 2. The summed E-state index contributed by atoms with van der Waals surface area (Å²) in [5, 5.41) is 2.94. The molecule has 19 heavy (non-hydrogen) atoms. The Morgan fingerprint density at radius 1 is 1.26 bits per heavy atom. The summed E-state index contributed by atoms with van der Waals surface area (Å²) in [6, 6.07) is 6.59. The zero-order valence-corrected chi connectivity index (χ0v) is 11.4. The van der Waals surface area contributed by atoms with Gasteiger partial charge in [-0.2, -0.15) is 0 Å². The number of benzene rings is 1. The Balaban J connectivity index is 1.97. The minimum Gasteiger partial charge on any atom is -0.388 e. The van der Waals surface area contributed by atoms with Crippen molar-refractivity contribution in [3.8, 4) is 0 Å². The predicted molar refractivity (Wildman–Crippen MR) is 73.5 cm³/mol. The lowest BCUT2D eigenvalue weighted by atomic mass is 10.3. The van der Waals surface area contributed by atoms with Gasteiger partial charge in [-0.05, 0) is 24.3 Å². The topological polar surface area (TPSA) is 86.9 Å². The molecule has 0 bridgehead atoms. The van der Waals surface area contributed by atoms with Crippen molar-refractivity contribution in [2.75, 3.05) is 18.9 Å². The standard InChI is InChI=1S/C12H16N4O2S/c1-13-10-2-4-11(5-3-10)19(17,18)16-7-6-12-14-8-9-15-12/h2-5,8-9,13,16H,6-7H2,1H3,(H,14,15). The van der Waals surface area contributed by atoms with E-state index in [-0.39, 0.29) is 4.90 Å². The quantitative estimate of drug-likeness (QED) is 0.736. The zero-order valence-electron chi connectivity index (χ0n) is 10.6. The molecule has 0 atom stereocenters. The molecule has 0 radical (unpaired) electrons. The van der Waals surface area contributed by atoms with Gasteiger partial charge >= 0.3 is 0 Å². The summed E-state index contributed by atoms with van der Waals surface area (Å²) in [5.74, 6) is 0.758. The molecule has 1 heterocycles. The van der Waals surface area contributed by atoms with Gasteiger partial charge in [-0.15, -0.1) is 0 Å². The van der Waals surface area contributed by atoms with Crippen LogP contribution in [-0.4, -0.2) is 32.0 Å². The van der Waals surface area contributed by atoms with Gasteiger partial charge < -0.3 is 10.3 Å². The van der Waals surface area contributed by atoms with Crippen molar-refractivity contribution in [3.63, 3.8) is 0 Å². The third-order valence-electron chi connectivity index (χ3n) is 2.66. The highest BCUT2D eigenvalue weighted by atomic mass is 32.2. The summed E-state index contributed by atoms with van der Waals surface area (Å²) in [7, 11) is -1.68. The van der Waals surface area contributed by atoms with E-state index in [1.165, 1.54) is 0 Å². The summed E-state index contributed by atoms with van der Waals surface area (Å²) in [5.41, 5.74) is 0.870. The Hall–Kier alpha value is -1.86. The minimum absolute atomic E-state index is 0.256. The fourth-order valence-corrected chi connectivity index (χ4v) is 2.65. The van der Waals surface area contributed by atoms with Crippen LogP contribution in [0.4, 0.5) is 5.69 Å². The summed E-state index contributed by atoms with van der Waals surface area (Å²) in [6.45, 7) is 0.309. The number of nitrogens with one attached hydrogen (secondary N) is 3. The molecule has 7 heteroatoms. The molecule has 0 fully saturated rings. The fourth-order valence-electron chi connectivity index (χ4n) is 1.62. The van der Waals surface area contributed by atoms with Crippen LogP contribution in [0.25, 0.3) is 0 Å². The van der Waals surface area contributed by atoms with E-state index in [1.54, 1.807) is 43.7 Å². The minimum atomic E-state index is -3.46. The number of H-pyrrole nitrogens is 1. The molecule has 6 nitrogen and oxygen atoms in total. The maximum absolute atomic E-state index is 12.0. The highest BCUT2D eigenvalue weighted by Gasteiger charge is 2.13. The number of aromatic amines is 1. The predicted octanol–water partition coefficient (Wildman–Crippen LogP) is 0.972. The van der Waals surface area contributed by atoms with E-state index in [1.807, 2.05) is 0 Å². The van der Waals surface area contributed by atoms with Gasteiger partial charge in [0.1, 0.15) is 5.82 Å². The molecule has 0 saturated heterocycles. The van der Waals surface area contributed by atoms with Crippen LogP contribution in [0.15, 0.2) is 41.6 Å². The fraction of sp³-hybridized carbons (Fsp3) is 0.250. The van der Waals surface area contributed by atoms with Crippen molar-refractivity contribution in [3.05, 3.63) is 42.5 Å². The average molecular weight is 280 g/mol. The van der Waals surface area contributed by atoms with Crippen molar-refractivity contribution < 1.29 is 8.42 Å². The molecule has 0 aliphatic carbocycles. The molecule has 2 aromatic rings. The third-order valence-corrected chi connectivity index (χ3v) is 4.14. The first-order valence-corrected chi connectivity index (χ1v) is 7.36. The Labute approximate surface area is 112 Å². The molecular formula is C12H16N4O2S. The SMILES string of the molecule is CNc1ccc(S(=O)(=O)NCCc2ncc[nH]2)cc1. The van der Waals surface area contributed by atoms with Gasteiger partial charge in [0, 0.05) is 38.1 Å². The Morgan fingerprint density at radius 3 is 2.58 bits per heavy atom. The van der Waals surface area contributed by atoms with Crippen LogP contribution in [0.5, 0.6) is 0 Å². The van der Waals surface area contributed by atoms with Crippen LogP contribution in [0.3, 0.4) is 0 Å². The van der Waals surface area contributed by atoms with E-state index >= 15 is 0 Å². The second kappa shape index (κ2) is 5.85. The Morgan fingerprint density at radius 2 is 2.00 bits per heavy atom. The molecule has 3 N–H and O–H groups in total. The Kier molecular flexibility index (Phi) is 4.18. The number of nitrogens with zero attached hydrogens (tertiary/aromatic N) is 1. The molecule has 1 aromatic carbocycles. The van der Waals surface area contributed by atoms with Crippen molar-refractivity contribution in [2.45, 2.75) is 11.3 Å². The average Bonchev–Trinajstić information content (AvgIpc) is 2.92. The summed E-state index contributed by atoms with van der Waals surface area (Å²) in [4.78, 5) is 7.21. The highest BCUT2D eigenvalue weighted by Crippen LogP contribution is 2.13. The second-order valence-electron chi connectivity index (χ2n) is 3.96. The lowest BCUT2D eigenvalue weighted by molar-refractivity contribution is 0.581. The first-order chi connectivity index (χ1) is 9.12. The van der Waals surface area contributed by atoms with Crippen molar-refractivity contribution in [2.24, 2.45) is 0 Å². The molecule has 0 amide bonds. The molecule has 0 aliphatic rings.